The Balaban J connectivity index is 2.11. The lowest BCUT2D eigenvalue weighted by atomic mass is 10.1. The second-order valence-corrected chi connectivity index (χ2v) is 5.81. The lowest BCUT2D eigenvalue weighted by Crippen LogP contribution is -2.30. The summed E-state index contributed by atoms with van der Waals surface area (Å²) in [4.78, 5) is 12.2. The van der Waals surface area contributed by atoms with E-state index in [4.69, 9.17) is 16.3 Å². The molecule has 134 valence electrons. The van der Waals surface area contributed by atoms with Gasteiger partial charge in [-0.3, -0.25) is 4.79 Å². The van der Waals surface area contributed by atoms with E-state index in [0.29, 0.717) is 5.75 Å². The minimum absolute atomic E-state index is 0.000881. The third kappa shape index (κ3) is 4.89. The Hall–Kier alpha value is -2.21. The van der Waals surface area contributed by atoms with Gasteiger partial charge in [0.2, 0.25) is 0 Å². The fourth-order valence-electron chi connectivity index (χ4n) is 2.22. The lowest BCUT2D eigenvalue weighted by molar-refractivity contribution is -0.137. The second-order valence-electron chi connectivity index (χ2n) is 5.40. The number of aryl methyl sites for hydroxylation is 1. The molecule has 2 rings (SSSR count). The van der Waals surface area contributed by atoms with Crippen LogP contribution in [-0.4, -0.2) is 12.0 Å². The standard InChI is InChI=1S/C18H17ClF3NO2/c1-3-12-6-4-5-7-16(12)25-11(2)17(24)23-13-8-9-15(19)14(10-13)18(20,21)22/h4-11H,3H2,1-2H3,(H,23,24). The molecule has 0 saturated carbocycles. The summed E-state index contributed by atoms with van der Waals surface area (Å²) >= 11 is 5.56. The van der Waals surface area contributed by atoms with Gasteiger partial charge in [-0.25, -0.2) is 0 Å². The number of carbonyl (C=O) groups excluding carboxylic acids is 1. The molecule has 25 heavy (non-hydrogen) atoms. The minimum Gasteiger partial charge on any atom is -0.481 e. The Morgan fingerprint density at radius 3 is 2.56 bits per heavy atom. The number of hydrogen-bond donors (Lipinski definition) is 1. The molecule has 0 aliphatic carbocycles. The number of para-hydroxylation sites is 1. The number of amides is 1. The van der Waals surface area contributed by atoms with E-state index < -0.39 is 28.8 Å². The number of nitrogens with one attached hydrogen (secondary N) is 1. The molecule has 1 atom stereocenters. The van der Waals surface area contributed by atoms with Crippen molar-refractivity contribution in [3.8, 4) is 5.75 Å². The predicted molar refractivity (Wildman–Crippen MR) is 91.0 cm³/mol. The smallest absolute Gasteiger partial charge is 0.417 e. The van der Waals surface area contributed by atoms with Gasteiger partial charge >= 0.3 is 6.18 Å². The van der Waals surface area contributed by atoms with Crippen molar-refractivity contribution in [1.29, 1.82) is 0 Å². The summed E-state index contributed by atoms with van der Waals surface area (Å²) in [6.07, 6.45) is -4.74. The van der Waals surface area contributed by atoms with Crippen LogP contribution in [0.1, 0.15) is 25.0 Å². The highest BCUT2D eigenvalue weighted by atomic mass is 35.5. The normalized spacial score (nSPS) is 12.6. The maximum Gasteiger partial charge on any atom is 0.417 e. The number of alkyl halides is 3. The van der Waals surface area contributed by atoms with Gasteiger partial charge in [0.25, 0.3) is 5.91 Å². The summed E-state index contributed by atoms with van der Waals surface area (Å²) in [5.41, 5.74) is -0.0641. The molecule has 0 saturated heterocycles. The van der Waals surface area contributed by atoms with E-state index in [-0.39, 0.29) is 5.69 Å². The van der Waals surface area contributed by atoms with Crippen LogP contribution in [0.5, 0.6) is 5.75 Å². The van der Waals surface area contributed by atoms with Crippen LogP contribution < -0.4 is 10.1 Å². The van der Waals surface area contributed by atoms with E-state index in [0.717, 1.165) is 24.1 Å². The Bertz CT molecular complexity index is 762. The van der Waals surface area contributed by atoms with Crippen LogP contribution in [0.4, 0.5) is 18.9 Å². The lowest BCUT2D eigenvalue weighted by Gasteiger charge is -2.17. The minimum atomic E-state index is -4.60. The third-order valence-electron chi connectivity index (χ3n) is 3.57. The number of carbonyl (C=O) groups is 1. The molecule has 0 aromatic heterocycles. The van der Waals surface area contributed by atoms with Crippen molar-refractivity contribution < 1.29 is 22.7 Å². The van der Waals surface area contributed by atoms with Crippen molar-refractivity contribution in [3.05, 3.63) is 58.6 Å². The van der Waals surface area contributed by atoms with E-state index in [1.165, 1.54) is 13.0 Å². The average molecular weight is 372 g/mol. The molecule has 0 bridgehead atoms. The monoisotopic (exact) mass is 371 g/mol. The maximum absolute atomic E-state index is 12.9. The van der Waals surface area contributed by atoms with Crippen LogP contribution in [0.3, 0.4) is 0 Å². The van der Waals surface area contributed by atoms with Crippen molar-refractivity contribution in [2.75, 3.05) is 5.32 Å². The van der Waals surface area contributed by atoms with Crippen molar-refractivity contribution in [2.24, 2.45) is 0 Å². The summed E-state index contributed by atoms with van der Waals surface area (Å²) in [7, 11) is 0. The quantitative estimate of drug-likeness (QED) is 0.771. The fraction of sp³-hybridized carbons (Fsp3) is 0.278. The molecule has 7 heteroatoms. The van der Waals surface area contributed by atoms with Crippen LogP contribution in [0.25, 0.3) is 0 Å². The van der Waals surface area contributed by atoms with Crippen molar-refractivity contribution in [2.45, 2.75) is 32.5 Å². The first-order valence-corrected chi connectivity index (χ1v) is 8.02. The van der Waals surface area contributed by atoms with Gasteiger partial charge in [0.15, 0.2) is 6.10 Å². The van der Waals surface area contributed by atoms with Gasteiger partial charge in [0.05, 0.1) is 10.6 Å². The van der Waals surface area contributed by atoms with Crippen LogP contribution in [0, 0.1) is 0 Å². The van der Waals surface area contributed by atoms with Gasteiger partial charge in [-0.2, -0.15) is 13.2 Å². The van der Waals surface area contributed by atoms with Crippen molar-refractivity contribution in [1.82, 2.24) is 0 Å². The zero-order valence-corrected chi connectivity index (χ0v) is 14.4. The maximum atomic E-state index is 12.9. The van der Waals surface area contributed by atoms with Gasteiger partial charge in [-0.15, -0.1) is 0 Å². The number of halogens is 4. The molecular weight excluding hydrogens is 355 g/mol. The van der Waals surface area contributed by atoms with E-state index in [1.807, 2.05) is 19.1 Å². The summed E-state index contributed by atoms with van der Waals surface area (Å²) in [5.74, 6) is 0.0149. The molecule has 2 aromatic rings. The molecule has 3 nitrogen and oxygen atoms in total. The summed E-state index contributed by atoms with van der Waals surface area (Å²) in [6, 6.07) is 10.5. The first kappa shape index (κ1) is 19.1. The number of anilines is 1. The number of ether oxygens (including phenoxy) is 1. The van der Waals surface area contributed by atoms with Crippen molar-refractivity contribution in [3.63, 3.8) is 0 Å². The Labute approximate surface area is 148 Å². The third-order valence-corrected chi connectivity index (χ3v) is 3.90. The van der Waals surface area contributed by atoms with Gasteiger partial charge in [-0.1, -0.05) is 36.7 Å². The Morgan fingerprint density at radius 2 is 1.92 bits per heavy atom. The van der Waals surface area contributed by atoms with Gasteiger partial charge in [0, 0.05) is 5.69 Å². The molecule has 0 fully saturated rings. The molecule has 2 aromatic carbocycles. The van der Waals surface area contributed by atoms with Crippen LogP contribution in [0.15, 0.2) is 42.5 Å². The highest BCUT2D eigenvalue weighted by molar-refractivity contribution is 6.31. The predicted octanol–water partition coefficient (Wildman–Crippen LogP) is 5.33. The average Bonchev–Trinajstić information content (AvgIpc) is 2.56. The molecule has 0 heterocycles. The molecule has 0 spiro atoms. The zero-order valence-electron chi connectivity index (χ0n) is 13.7. The molecule has 0 aliphatic rings. The van der Waals surface area contributed by atoms with Gasteiger partial charge in [0.1, 0.15) is 5.75 Å². The van der Waals surface area contributed by atoms with Crippen LogP contribution in [-0.2, 0) is 17.4 Å². The van der Waals surface area contributed by atoms with E-state index in [9.17, 15) is 18.0 Å². The molecule has 0 radical (unpaired) electrons. The second kappa shape index (κ2) is 7.78. The van der Waals surface area contributed by atoms with Gasteiger partial charge < -0.3 is 10.1 Å². The molecular formula is C18H17ClF3NO2. The molecule has 0 aliphatic heterocycles. The highest BCUT2D eigenvalue weighted by Crippen LogP contribution is 2.36. The highest BCUT2D eigenvalue weighted by Gasteiger charge is 2.33. The van der Waals surface area contributed by atoms with Crippen LogP contribution >= 0.6 is 11.6 Å². The number of benzene rings is 2. The molecule has 1 unspecified atom stereocenters. The fourth-order valence-corrected chi connectivity index (χ4v) is 2.44. The largest absolute Gasteiger partial charge is 0.481 e. The topological polar surface area (TPSA) is 38.3 Å². The Kier molecular flexibility index (Phi) is 5.95. The first-order valence-electron chi connectivity index (χ1n) is 7.64. The van der Waals surface area contributed by atoms with Crippen molar-refractivity contribution >= 4 is 23.2 Å². The van der Waals surface area contributed by atoms with Gasteiger partial charge in [-0.05, 0) is 43.2 Å². The Morgan fingerprint density at radius 1 is 1.24 bits per heavy atom. The number of rotatable bonds is 5. The molecule has 1 amide bonds. The van der Waals surface area contributed by atoms with E-state index in [1.54, 1.807) is 12.1 Å². The zero-order chi connectivity index (χ0) is 18.6. The summed E-state index contributed by atoms with van der Waals surface area (Å²) in [6.45, 7) is 3.49. The summed E-state index contributed by atoms with van der Waals surface area (Å²) < 4.78 is 44.3. The van der Waals surface area contributed by atoms with E-state index in [2.05, 4.69) is 5.32 Å². The molecule has 1 N–H and O–H groups in total. The van der Waals surface area contributed by atoms with Crippen LogP contribution in [0.2, 0.25) is 5.02 Å². The number of hydrogen-bond acceptors (Lipinski definition) is 2. The first-order chi connectivity index (χ1) is 11.7. The SMILES string of the molecule is CCc1ccccc1OC(C)C(=O)Nc1ccc(Cl)c(C(F)(F)F)c1. The summed E-state index contributed by atoms with van der Waals surface area (Å²) in [5, 5.41) is 1.99. The van der Waals surface area contributed by atoms with E-state index >= 15 is 0 Å².